The molecule has 1 aromatic rings. The van der Waals surface area contributed by atoms with Crippen LogP contribution in [-0.4, -0.2) is 40.7 Å². The van der Waals surface area contributed by atoms with Gasteiger partial charge in [0.25, 0.3) is 0 Å². The van der Waals surface area contributed by atoms with Crippen molar-refractivity contribution in [1.82, 2.24) is 0 Å². The molecule has 23 heavy (non-hydrogen) atoms. The van der Waals surface area contributed by atoms with E-state index in [4.69, 9.17) is 4.74 Å². The molecule has 4 nitrogen and oxygen atoms in total. The van der Waals surface area contributed by atoms with Crippen molar-refractivity contribution in [2.75, 3.05) is 7.11 Å². The standard InChI is InChI=1S/C19H26O4/c1-19-9-16(21)17-12-6-4-11(23-2)7-10(12)3-5-13(17)14(19)8-15(20)18(19)22/h4,6-7,13-18,20-22H,3,5,8-9H2,1-2H3/t13-,14-,15-,16-,17+,18-,19-/m0/s1. The predicted octanol–water partition coefficient (Wildman–Crippen LogP) is 1.85. The summed E-state index contributed by atoms with van der Waals surface area (Å²) < 4.78 is 5.33. The molecule has 7 atom stereocenters. The first-order chi connectivity index (χ1) is 11.0. The lowest BCUT2D eigenvalue weighted by molar-refractivity contribution is -0.0916. The lowest BCUT2D eigenvalue weighted by atomic mass is 9.54. The van der Waals surface area contributed by atoms with Gasteiger partial charge in [0.2, 0.25) is 0 Å². The number of ether oxygens (including phenoxy) is 1. The number of methoxy groups -OCH3 is 1. The minimum atomic E-state index is -0.722. The van der Waals surface area contributed by atoms with Crippen LogP contribution in [0.2, 0.25) is 0 Å². The van der Waals surface area contributed by atoms with Gasteiger partial charge in [0.05, 0.1) is 25.4 Å². The highest BCUT2D eigenvalue weighted by Crippen LogP contribution is 2.60. The Kier molecular flexibility index (Phi) is 3.49. The molecule has 0 heterocycles. The van der Waals surface area contributed by atoms with Gasteiger partial charge in [-0.2, -0.15) is 0 Å². The molecule has 2 fully saturated rings. The van der Waals surface area contributed by atoms with E-state index in [0.717, 1.165) is 18.6 Å². The van der Waals surface area contributed by atoms with Crippen molar-refractivity contribution < 1.29 is 20.1 Å². The van der Waals surface area contributed by atoms with Crippen LogP contribution in [0.25, 0.3) is 0 Å². The number of aliphatic hydroxyl groups excluding tert-OH is 3. The van der Waals surface area contributed by atoms with Crippen molar-refractivity contribution in [1.29, 1.82) is 0 Å². The fourth-order valence-corrected chi connectivity index (χ4v) is 5.76. The van der Waals surface area contributed by atoms with Crippen LogP contribution in [0.4, 0.5) is 0 Å². The molecule has 3 N–H and O–H groups in total. The van der Waals surface area contributed by atoms with Crippen LogP contribution in [0.3, 0.4) is 0 Å². The number of rotatable bonds is 1. The molecule has 0 aromatic heterocycles. The van der Waals surface area contributed by atoms with Crippen LogP contribution < -0.4 is 4.74 Å². The number of hydrogen-bond donors (Lipinski definition) is 3. The van der Waals surface area contributed by atoms with Gasteiger partial charge in [-0.05, 0) is 60.8 Å². The van der Waals surface area contributed by atoms with Gasteiger partial charge in [-0.3, -0.25) is 0 Å². The molecule has 4 rings (SSSR count). The molecule has 2 saturated carbocycles. The predicted molar refractivity (Wildman–Crippen MR) is 86.4 cm³/mol. The zero-order valence-electron chi connectivity index (χ0n) is 13.8. The summed E-state index contributed by atoms with van der Waals surface area (Å²) in [6.45, 7) is 2.04. The van der Waals surface area contributed by atoms with Gasteiger partial charge in [0, 0.05) is 11.3 Å². The van der Waals surface area contributed by atoms with E-state index in [1.165, 1.54) is 11.1 Å². The molecule has 4 heteroatoms. The maximum absolute atomic E-state index is 10.9. The lowest BCUT2D eigenvalue weighted by Gasteiger charge is -2.52. The number of fused-ring (bicyclic) bond motifs is 5. The van der Waals surface area contributed by atoms with Crippen LogP contribution in [0.15, 0.2) is 18.2 Å². The molecule has 126 valence electrons. The first-order valence-corrected chi connectivity index (χ1v) is 8.66. The molecule has 0 spiro atoms. The number of hydrogen-bond acceptors (Lipinski definition) is 4. The third-order valence-electron chi connectivity index (χ3n) is 6.88. The van der Waals surface area contributed by atoms with E-state index >= 15 is 0 Å². The Morgan fingerprint density at radius 2 is 1.96 bits per heavy atom. The summed E-state index contributed by atoms with van der Waals surface area (Å²) in [6, 6.07) is 6.16. The molecule has 0 bridgehead atoms. The van der Waals surface area contributed by atoms with Crippen molar-refractivity contribution in [3.63, 3.8) is 0 Å². The normalized spacial score (nSPS) is 45.1. The van der Waals surface area contributed by atoms with Gasteiger partial charge in [-0.25, -0.2) is 0 Å². The summed E-state index contributed by atoms with van der Waals surface area (Å²) >= 11 is 0. The van der Waals surface area contributed by atoms with Crippen LogP contribution in [-0.2, 0) is 6.42 Å². The molecular weight excluding hydrogens is 292 g/mol. The van der Waals surface area contributed by atoms with E-state index in [9.17, 15) is 15.3 Å². The summed E-state index contributed by atoms with van der Waals surface area (Å²) in [7, 11) is 1.68. The van der Waals surface area contributed by atoms with Crippen molar-refractivity contribution in [3.8, 4) is 5.75 Å². The molecule has 0 unspecified atom stereocenters. The number of aliphatic hydroxyl groups is 3. The third kappa shape index (κ3) is 2.08. The Morgan fingerprint density at radius 1 is 1.17 bits per heavy atom. The van der Waals surface area contributed by atoms with Gasteiger partial charge in [-0.1, -0.05) is 13.0 Å². The average molecular weight is 318 g/mol. The Balaban J connectivity index is 1.74. The van der Waals surface area contributed by atoms with Crippen molar-refractivity contribution in [2.24, 2.45) is 17.3 Å². The molecule has 3 aliphatic carbocycles. The maximum Gasteiger partial charge on any atom is 0.119 e. The van der Waals surface area contributed by atoms with Crippen LogP contribution in [0.5, 0.6) is 5.75 Å². The highest BCUT2D eigenvalue weighted by Gasteiger charge is 2.60. The summed E-state index contributed by atoms with van der Waals surface area (Å²) in [5.74, 6) is 1.58. The summed E-state index contributed by atoms with van der Waals surface area (Å²) in [5.41, 5.74) is 2.13. The van der Waals surface area contributed by atoms with E-state index in [1.54, 1.807) is 7.11 Å². The maximum atomic E-state index is 10.9. The molecular formula is C19H26O4. The van der Waals surface area contributed by atoms with Gasteiger partial charge < -0.3 is 20.1 Å². The molecule has 0 radical (unpaired) electrons. The minimum absolute atomic E-state index is 0.111. The van der Waals surface area contributed by atoms with Gasteiger partial charge in [0.1, 0.15) is 5.75 Å². The summed E-state index contributed by atoms with van der Waals surface area (Å²) in [6.07, 6.45) is 1.34. The summed E-state index contributed by atoms with van der Waals surface area (Å²) in [4.78, 5) is 0. The average Bonchev–Trinajstić information content (AvgIpc) is 2.77. The SMILES string of the molecule is COc1ccc2c(c1)CC[C@@H]1[C@@H]2[C@@H](O)C[C@]2(C)[C@@H](O)[C@@H](O)C[C@@H]12. The molecule has 0 saturated heterocycles. The molecule has 1 aromatic carbocycles. The fourth-order valence-electron chi connectivity index (χ4n) is 5.76. The topological polar surface area (TPSA) is 69.9 Å². The van der Waals surface area contributed by atoms with Crippen molar-refractivity contribution >= 4 is 0 Å². The monoisotopic (exact) mass is 318 g/mol. The van der Waals surface area contributed by atoms with Crippen molar-refractivity contribution in [3.05, 3.63) is 29.3 Å². The second-order valence-corrected chi connectivity index (χ2v) is 7.92. The Morgan fingerprint density at radius 3 is 2.70 bits per heavy atom. The summed E-state index contributed by atoms with van der Waals surface area (Å²) in [5, 5.41) is 31.5. The Bertz CT molecular complexity index is 615. The molecule has 3 aliphatic rings. The highest BCUT2D eigenvalue weighted by molar-refractivity contribution is 5.41. The third-order valence-corrected chi connectivity index (χ3v) is 6.88. The second-order valence-electron chi connectivity index (χ2n) is 7.92. The van der Waals surface area contributed by atoms with Crippen molar-refractivity contribution in [2.45, 2.75) is 56.8 Å². The second kappa shape index (κ2) is 5.20. The smallest absolute Gasteiger partial charge is 0.119 e. The molecule has 0 amide bonds. The van der Waals surface area contributed by atoms with E-state index < -0.39 is 18.3 Å². The van der Waals surface area contributed by atoms with Gasteiger partial charge in [0.15, 0.2) is 0 Å². The van der Waals surface area contributed by atoms with Crippen LogP contribution >= 0.6 is 0 Å². The largest absolute Gasteiger partial charge is 0.497 e. The van der Waals surface area contributed by atoms with E-state index in [-0.39, 0.29) is 17.3 Å². The quantitative estimate of drug-likeness (QED) is 0.739. The zero-order chi connectivity index (χ0) is 16.4. The number of benzene rings is 1. The lowest BCUT2D eigenvalue weighted by Crippen LogP contribution is -2.50. The van der Waals surface area contributed by atoms with E-state index in [0.29, 0.717) is 18.8 Å². The van der Waals surface area contributed by atoms with Crippen LogP contribution in [0.1, 0.15) is 43.2 Å². The Hall–Kier alpha value is -1.10. The number of aryl methyl sites for hydroxylation is 1. The van der Waals surface area contributed by atoms with Gasteiger partial charge in [-0.15, -0.1) is 0 Å². The Labute approximate surface area is 137 Å². The van der Waals surface area contributed by atoms with E-state index in [1.807, 2.05) is 13.0 Å². The first kappa shape index (κ1) is 15.4. The van der Waals surface area contributed by atoms with E-state index in [2.05, 4.69) is 12.1 Å². The molecule has 0 aliphatic heterocycles. The fraction of sp³-hybridized carbons (Fsp3) is 0.684. The highest BCUT2D eigenvalue weighted by atomic mass is 16.5. The van der Waals surface area contributed by atoms with Crippen LogP contribution in [0, 0.1) is 17.3 Å². The van der Waals surface area contributed by atoms with Gasteiger partial charge >= 0.3 is 0 Å². The zero-order valence-corrected chi connectivity index (χ0v) is 13.8. The minimum Gasteiger partial charge on any atom is -0.497 e. The first-order valence-electron chi connectivity index (χ1n) is 8.66.